The van der Waals surface area contributed by atoms with Crippen LogP contribution in [0.3, 0.4) is 0 Å². The molecule has 160 valence electrons. The maximum Gasteiger partial charge on any atom is 0.417 e. The summed E-state index contributed by atoms with van der Waals surface area (Å²) in [7, 11) is 0. The van der Waals surface area contributed by atoms with Crippen LogP contribution in [-0.2, 0) is 6.18 Å². The molecule has 4 rings (SSSR count). The van der Waals surface area contributed by atoms with Crippen LogP contribution in [-0.4, -0.2) is 27.3 Å². The van der Waals surface area contributed by atoms with E-state index in [-0.39, 0.29) is 24.5 Å². The van der Waals surface area contributed by atoms with Crippen LogP contribution in [0.1, 0.15) is 40.7 Å². The summed E-state index contributed by atoms with van der Waals surface area (Å²) in [5, 5.41) is 9.53. The Bertz CT molecular complexity index is 1160. The topological polar surface area (TPSA) is 57.7 Å². The van der Waals surface area contributed by atoms with Crippen LogP contribution < -0.4 is 4.90 Å². The molecule has 1 aromatic carbocycles. The fourth-order valence-corrected chi connectivity index (χ4v) is 4.02. The molecule has 1 aliphatic rings. The minimum atomic E-state index is -4.72. The minimum absolute atomic E-state index is 0.0905. The summed E-state index contributed by atoms with van der Waals surface area (Å²) in [6.07, 6.45) is -2.81. The molecule has 2 aromatic heterocycles. The van der Waals surface area contributed by atoms with Gasteiger partial charge in [0.1, 0.15) is 35.5 Å². The molecule has 0 amide bonds. The zero-order chi connectivity index (χ0) is 22.3. The summed E-state index contributed by atoms with van der Waals surface area (Å²) in [4.78, 5) is 9.97. The summed E-state index contributed by atoms with van der Waals surface area (Å²) in [5.41, 5.74) is 0.190. The number of benzene rings is 1. The van der Waals surface area contributed by atoms with Gasteiger partial charge in [0.05, 0.1) is 5.56 Å². The Hall–Kier alpha value is -3.41. The highest BCUT2D eigenvalue weighted by molar-refractivity contribution is 5.61. The first-order valence-electron chi connectivity index (χ1n) is 9.70. The SMILES string of the molecule is Cc1cccc(-n2ccnc2[C@@H]2[C@H](F)CCN2c2nc(C)cc(C(F)(F)F)c2C#N)c1. The van der Waals surface area contributed by atoms with E-state index in [9.17, 15) is 18.4 Å². The fraction of sp³-hybridized carbons (Fsp3) is 0.318. The van der Waals surface area contributed by atoms with Crippen LogP contribution in [0, 0.1) is 25.2 Å². The largest absolute Gasteiger partial charge is 0.417 e. The molecule has 3 heterocycles. The average Bonchev–Trinajstić information content (AvgIpc) is 3.32. The molecule has 0 unspecified atom stereocenters. The number of nitrogens with zero attached hydrogens (tertiary/aromatic N) is 5. The van der Waals surface area contributed by atoms with Crippen molar-refractivity contribution < 1.29 is 17.6 Å². The number of imidazole rings is 1. The van der Waals surface area contributed by atoms with Crippen LogP contribution in [0.15, 0.2) is 42.7 Å². The summed E-state index contributed by atoms with van der Waals surface area (Å²) in [6.45, 7) is 3.47. The van der Waals surface area contributed by atoms with Crippen molar-refractivity contribution >= 4 is 5.82 Å². The Balaban J connectivity index is 1.86. The molecule has 0 bridgehead atoms. The van der Waals surface area contributed by atoms with E-state index in [0.29, 0.717) is 5.82 Å². The molecule has 0 saturated carbocycles. The minimum Gasteiger partial charge on any atom is -0.342 e. The molecular formula is C22H19F4N5. The number of alkyl halides is 4. The molecular weight excluding hydrogens is 410 g/mol. The van der Waals surface area contributed by atoms with Gasteiger partial charge in [-0.15, -0.1) is 0 Å². The molecule has 2 atom stereocenters. The maximum atomic E-state index is 15.1. The molecule has 9 heteroatoms. The van der Waals surface area contributed by atoms with Crippen LogP contribution in [0.25, 0.3) is 5.69 Å². The summed E-state index contributed by atoms with van der Waals surface area (Å²) >= 11 is 0. The van der Waals surface area contributed by atoms with Gasteiger partial charge in [-0.3, -0.25) is 0 Å². The van der Waals surface area contributed by atoms with Gasteiger partial charge in [0.15, 0.2) is 0 Å². The first-order chi connectivity index (χ1) is 14.7. The number of anilines is 1. The highest BCUT2D eigenvalue weighted by Crippen LogP contribution is 2.42. The highest BCUT2D eigenvalue weighted by atomic mass is 19.4. The predicted molar refractivity (Wildman–Crippen MR) is 107 cm³/mol. The van der Waals surface area contributed by atoms with Crippen molar-refractivity contribution in [1.29, 1.82) is 5.26 Å². The van der Waals surface area contributed by atoms with E-state index in [4.69, 9.17) is 0 Å². The lowest BCUT2D eigenvalue weighted by molar-refractivity contribution is -0.137. The van der Waals surface area contributed by atoms with Crippen molar-refractivity contribution in [3.63, 3.8) is 0 Å². The second-order valence-corrected chi connectivity index (χ2v) is 7.56. The van der Waals surface area contributed by atoms with Gasteiger partial charge in [-0.25, -0.2) is 14.4 Å². The van der Waals surface area contributed by atoms with E-state index < -0.39 is 29.5 Å². The molecule has 31 heavy (non-hydrogen) atoms. The lowest BCUT2D eigenvalue weighted by Crippen LogP contribution is -2.30. The van der Waals surface area contributed by atoms with Crippen molar-refractivity contribution in [2.75, 3.05) is 11.4 Å². The summed E-state index contributed by atoms with van der Waals surface area (Å²) < 4.78 is 57.5. The van der Waals surface area contributed by atoms with Gasteiger partial charge in [0.25, 0.3) is 0 Å². The lowest BCUT2D eigenvalue weighted by Gasteiger charge is -2.28. The van der Waals surface area contributed by atoms with Crippen molar-refractivity contribution in [3.05, 3.63) is 70.9 Å². The number of aryl methyl sites for hydroxylation is 2. The van der Waals surface area contributed by atoms with E-state index >= 15 is 4.39 Å². The lowest BCUT2D eigenvalue weighted by atomic mass is 10.1. The second-order valence-electron chi connectivity index (χ2n) is 7.56. The van der Waals surface area contributed by atoms with Gasteiger partial charge in [-0.05, 0) is 44.0 Å². The van der Waals surface area contributed by atoms with Crippen molar-refractivity contribution in [2.24, 2.45) is 0 Å². The number of pyridine rings is 1. The molecule has 1 aliphatic heterocycles. The molecule has 1 fully saturated rings. The zero-order valence-electron chi connectivity index (χ0n) is 16.9. The molecule has 5 nitrogen and oxygen atoms in total. The predicted octanol–water partition coefficient (Wildman–Crippen LogP) is 5.06. The van der Waals surface area contributed by atoms with E-state index in [1.807, 2.05) is 31.2 Å². The van der Waals surface area contributed by atoms with Crippen LogP contribution in [0.2, 0.25) is 0 Å². The summed E-state index contributed by atoms with van der Waals surface area (Å²) in [6, 6.07) is 9.04. The van der Waals surface area contributed by atoms with Crippen LogP contribution in [0.5, 0.6) is 0 Å². The van der Waals surface area contributed by atoms with E-state index in [1.165, 1.54) is 18.0 Å². The molecule has 0 aliphatic carbocycles. The number of rotatable bonds is 3. The van der Waals surface area contributed by atoms with Crippen LogP contribution in [0.4, 0.5) is 23.4 Å². The van der Waals surface area contributed by atoms with E-state index in [1.54, 1.807) is 16.8 Å². The molecule has 0 N–H and O–H groups in total. The molecule has 0 spiro atoms. The molecule has 1 saturated heterocycles. The first-order valence-corrected chi connectivity index (χ1v) is 9.70. The average molecular weight is 429 g/mol. The normalized spacial score (nSPS) is 18.9. The number of nitriles is 1. The van der Waals surface area contributed by atoms with Gasteiger partial charge in [-0.1, -0.05) is 12.1 Å². The Morgan fingerprint density at radius 2 is 1.97 bits per heavy atom. The molecule has 3 aromatic rings. The third-order valence-corrected chi connectivity index (χ3v) is 5.36. The Labute approximate surface area is 176 Å². The van der Waals surface area contributed by atoms with Crippen molar-refractivity contribution in [2.45, 2.75) is 38.7 Å². The second kappa shape index (κ2) is 7.69. The van der Waals surface area contributed by atoms with Gasteiger partial charge >= 0.3 is 6.18 Å². The standard InChI is InChI=1S/C22H19F4N5/c1-13-4-3-5-15(10-13)30-9-7-28-21(30)19-18(23)6-8-31(19)20-16(12-27)17(22(24,25)26)11-14(2)29-20/h3-5,7,9-11,18-19H,6,8H2,1-2H3/t18-,19+/m1/s1. The Morgan fingerprint density at radius 3 is 2.65 bits per heavy atom. The highest BCUT2D eigenvalue weighted by Gasteiger charge is 2.43. The van der Waals surface area contributed by atoms with E-state index in [0.717, 1.165) is 17.3 Å². The zero-order valence-corrected chi connectivity index (χ0v) is 16.9. The maximum absolute atomic E-state index is 15.1. The number of aromatic nitrogens is 3. The quantitative estimate of drug-likeness (QED) is 0.546. The van der Waals surface area contributed by atoms with Crippen LogP contribution >= 0.6 is 0 Å². The number of hydrogen-bond acceptors (Lipinski definition) is 4. The van der Waals surface area contributed by atoms with Gasteiger partial charge < -0.3 is 9.47 Å². The Kier molecular flexibility index (Phi) is 5.17. The van der Waals surface area contributed by atoms with Gasteiger partial charge in [0.2, 0.25) is 0 Å². The summed E-state index contributed by atoms with van der Waals surface area (Å²) in [5.74, 6) is 0.176. The third-order valence-electron chi connectivity index (χ3n) is 5.36. The monoisotopic (exact) mass is 429 g/mol. The van der Waals surface area contributed by atoms with Gasteiger partial charge in [0, 0.05) is 30.3 Å². The Morgan fingerprint density at radius 1 is 1.19 bits per heavy atom. The fourth-order valence-electron chi connectivity index (χ4n) is 4.02. The first kappa shape index (κ1) is 20.8. The molecule has 0 radical (unpaired) electrons. The van der Waals surface area contributed by atoms with E-state index in [2.05, 4.69) is 9.97 Å². The van der Waals surface area contributed by atoms with Gasteiger partial charge in [-0.2, -0.15) is 18.4 Å². The smallest absolute Gasteiger partial charge is 0.342 e. The number of halogens is 4. The number of hydrogen-bond donors (Lipinski definition) is 0. The third kappa shape index (κ3) is 3.74. The van der Waals surface area contributed by atoms with Crippen molar-refractivity contribution in [3.8, 4) is 11.8 Å². The van der Waals surface area contributed by atoms with Crippen molar-refractivity contribution in [1.82, 2.24) is 14.5 Å².